The van der Waals surface area contributed by atoms with Gasteiger partial charge in [0, 0.05) is 0 Å². The molecule has 7 nitrogen and oxygen atoms in total. The van der Waals surface area contributed by atoms with Crippen molar-refractivity contribution in [1.29, 1.82) is 0 Å². The van der Waals surface area contributed by atoms with E-state index < -0.39 is 8.07 Å². The van der Waals surface area contributed by atoms with Gasteiger partial charge in [-0.2, -0.15) is 0 Å². The number of pyridine rings is 1. The molecule has 268 valence electrons. The normalized spacial score (nSPS) is 12.2. The molecule has 0 saturated carbocycles. The zero-order chi connectivity index (χ0) is 37.5. The third-order valence-corrected chi connectivity index (χ3v) is 16.3. The number of nitrogens with zero attached hydrogens (tertiary/aromatic N) is 7. The Kier molecular flexibility index (Phi) is 6.81. The van der Waals surface area contributed by atoms with Crippen molar-refractivity contribution in [3.8, 4) is 11.6 Å². The van der Waals surface area contributed by atoms with Crippen LogP contribution in [0.5, 0.6) is 0 Å². The number of hydrogen-bond acceptors (Lipinski definition) is 3. The number of hydrogen-bond donors (Lipinski definition) is 0. The van der Waals surface area contributed by atoms with E-state index in [2.05, 4.69) is 218 Å². The van der Waals surface area contributed by atoms with Crippen LogP contribution in [0.2, 0.25) is 0 Å². The van der Waals surface area contributed by atoms with Gasteiger partial charge < -0.3 is 0 Å². The molecule has 0 aliphatic rings. The van der Waals surface area contributed by atoms with E-state index >= 15 is 0 Å². The van der Waals surface area contributed by atoms with Crippen molar-refractivity contribution < 1.29 is 0 Å². The summed E-state index contributed by atoms with van der Waals surface area (Å²) in [6.07, 6.45) is 0. The molecular formula is C49H33N7Si. The standard InChI is InChI=1S/C49H33N7Si/c1-4-18-34(19-5-1)57(35-20-6-2-7-21-35,36-22-8-3-9-23-36)37-32-46(55-44-30-16-14-28-42(44)53-40-26-12-10-24-38(40)50-48(53)55)52-47(33-37)56-45-31-17-15-29-43(45)54-41-27-13-11-25-39(41)51-49(54)56/h1-33H. The molecule has 0 bridgehead atoms. The molecular weight excluding hydrogens is 715 g/mol. The van der Waals surface area contributed by atoms with Gasteiger partial charge in [0.05, 0.1) is 44.1 Å². The van der Waals surface area contributed by atoms with E-state index in [-0.39, 0.29) is 0 Å². The van der Waals surface area contributed by atoms with Crippen LogP contribution in [0, 0.1) is 0 Å². The maximum Gasteiger partial charge on any atom is 0.221 e. The van der Waals surface area contributed by atoms with Gasteiger partial charge in [0.2, 0.25) is 11.6 Å². The minimum Gasteiger partial charge on any atom is -0.276 e. The third kappa shape index (κ3) is 4.50. The first-order chi connectivity index (χ1) is 28.3. The first kappa shape index (κ1) is 31.8. The quantitative estimate of drug-likeness (QED) is 0.128. The molecule has 0 aliphatic carbocycles. The zero-order valence-corrected chi connectivity index (χ0v) is 31.7. The second kappa shape index (κ2) is 12.2. The Morgan fingerprint density at radius 2 is 0.632 bits per heavy atom. The Bertz CT molecular complexity index is 3210. The number of imidazole rings is 4. The first-order valence-electron chi connectivity index (χ1n) is 19.2. The Balaban J connectivity index is 1.29. The number of rotatable bonds is 6. The van der Waals surface area contributed by atoms with E-state index in [0.29, 0.717) is 0 Å². The molecule has 57 heavy (non-hydrogen) atoms. The summed E-state index contributed by atoms with van der Waals surface area (Å²) in [7, 11) is -3.04. The van der Waals surface area contributed by atoms with E-state index in [9.17, 15) is 0 Å². The average molecular weight is 748 g/mol. The van der Waals surface area contributed by atoms with E-state index in [4.69, 9.17) is 15.0 Å². The van der Waals surface area contributed by atoms with E-state index in [1.807, 2.05) is 0 Å². The summed E-state index contributed by atoms with van der Waals surface area (Å²) in [6.45, 7) is 0. The van der Waals surface area contributed by atoms with Crippen LogP contribution in [-0.4, -0.2) is 41.0 Å². The minimum atomic E-state index is -3.04. The van der Waals surface area contributed by atoms with Gasteiger partial charge in [0.15, 0.2) is 8.07 Å². The van der Waals surface area contributed by atoms with Crippen LogP contribution in [0.1, 0.15) is 0 Å². The van der Waals surface area contributed by atoms with Crippen LogP contribution in [-0.2, 0) is 0 Å². The summed E-state index contributed by atoms with van der Waals surface area (Å²) in [5.41, 5.74) is 8.19. The largest absolute Gasteiger partial charge is 0.276 e. The lowest BCUT2D eigenvalue weighted by Gasteiger charge is -2.35. The molecule has 0 radical (unpaired) electrons. The lowest BCUT2D eigenvalue weighted by molar-refractivity contribution is 0.985. The molecule has 5 heterocycles. The highest BCUT2D eigenvalue weighted by Crippen LogP contribution is 2.32. The van der Waals surface area contributed by atoms with Crippen LogP contribution in [0.15, 0.2) is 200 Å². The highest BCUT2D eigenvalue weighted by Gasteiger charge is 2.42. The van der Waals surface area contributed by atoms with E-state index in [1.165, 1.54) is 20.7 Å². The number of aromatic nitrogens is 7. The van der Waals surface area contributed by atoms with Crippen molar-refractivity contribution in [3.05, 3.63) is 200 Å². The molecule has 0 aliphatic heterocycles. The fraction of sp³-hybridized carbons (Fsp3) is 0. The molecule has 12 rings (SSSR count). The maximum absolute atomic E-state index is 5.70. The highest BCUT2D eigenvalue weighted by atomic mass is 28.3. The minimum absolute atomic E-state index is 0.788. The molecule has 12 aromatic rings. The summed E-state index contributed by atoms with van der Waals surface area (Å²) in [5.74, 6) is 3.20. The lowest BCUT2D eigenvalue weighted by atomic mass is 10.3. The summed E-state index contributed by atoms with van der Waals surface area (Å²) in [4.78, 5) is 16.3. The summed E-state index contributed by atoms with van der Waals surface area (Å²) in [5, 5.41) is 5.06. The van der Waals surface area contributed by atoms with Crippen molar-refractivity contribution in [2.45, 2.75) is 0 Å². The maximum atomic E-state index is 5.70. The van der Waals surface area contributed by atoms with Crippen molar-refractivity contribution in [2.24, 2.45) is 0 Å². The Morgan fingerprint density at radius 1 is 0.298 bits per heavy atom. The third-order valence-electron chi connectivity index (χ3n) is 11.5. The monoisotopic (exact) mass is 747 g/mol. The van der Waals surface area contributed by atoms with E-state index in [1.54, 1.807) is 0 Å². The van der Waals surface area contributed by atoms with Crippen LogP contribution < -0.4 is 20.7 Å². The molecule has 7 aromatic carbocycles. The topological polar surface area (TPSA) is 57.4 Å². The van der Waals surface area contributed by atoms with Crippen molar-refractivity contribution in [2.75, 3.05) is 0 Å². The number of fused-ring (bicyclic) bond motifs is 10. The molecule has 0 unspecified atom stereocenters. The Labute approximate surface area is 328 Å². The van der Waals surface area contributed by atoms with Crippen molar-refractivity contribution in [1.82, 2.24) is 32.9 Å². The predicted octanol–water partition coefficient (Wildman–Crippen LogP) is 7.95. The second-order valence-electron chi connectivity index (χ2n) is 14.5. The van der Waals surface area contributed by atoms with Crippen LogP contribution in [0.25, 0.3) is 67.3 Å². The van der Waals surface area contributed by atoms with Gasteiger partial charge in [-0.15, -0.1) is 0 Å². The van der Waals surface area contributed by atoms with Gasteiger partial charge in [0.25, 0.3) is 0 Å². The smallest absolute Gasteiger partial charge is 0.221 e. The van der Waals surface area contributed by atoms with Gasteiger partial charge in [-0.3, -0.25) is 17.9 Å². The fourth-order valence-electron chi connectivity index (χ4n) is 9.17. The predicted molar refractivity (Wildman–Crippen MR) is 234 cm³/mol. The number of para-hydroxylation sites is 8. The molecule has 0 amide bonds. The van der Waals surface area contributed by atoms with Crippen LogP contribution in [0.3, 0.4) is 0 Å². The molecule has 8 heteroatoms. The van der Waals surface area contributed by atoms with Crippen molar-refractivity contribution in [3.63, 3.8) is 0 Å². The first-order valence-corrected chi connectivity index (χ1v) is 21.2. The summed E-state index contributed by atoms with van der Waals surface area (Å²) in [6, 6.07) is 71.7. The van der Waals surface area contributed by atoms with Gasteiger partial charge >= 0.3 is 0 Å². The molecule has 0 N–H and O–H groups in total. The van der Waals surface area contributed by atoms with Gasteiger partial charge in [-0.25, -0.2) is 15.0 Å². The molecule has 0 saturated heterocycles. The van der Waals surface area contributed by atoms with Crippen LogP contribution in [0.4, 0.5) is 0 Å². The van der Waals surface area contributed by atoms with Crippen molar-refractivity contribution >= 4 is 84.5 Å². The lowest BCUT2D eigenvalue weighted by Crippen LogP contribution is -2.74. The number of benzene rings is 7. The van der Waals surface area contributed by atoms with Crippen LogP contribution >= 0.6 is 0 Å². The second-order valence-corrected chi connectivity index (χ2v) is 18.3. The highest BCUT2D eigenvalue weighted by molar-refractivity contribution is 7.20. The fourth-order valence-corrected chi connectivity index (χ4v) is 13.9. The molecule has 0 spiro atoms. The Morgan fingerprint density at radius 3 is 1.04 bits per heavy atom. The van der Waals surface area contributed by atoms with Gasteiger partial charge in [-0.1, -0.05) is 140 Å². The average Bonchev–Trinajstić information content (AvgIpc) is 4.01. The van der Waals surface area contributed by atoms with Gasteiger partial charge in [-0.05, 0) is 81.4 Å². The SMILES string of the molecule is c1ccc([Si](c2ccccc2)(c2ccccc2)c2cc(-n3c4ccccc4n4c5ccccc5nc34)nc(-n3c4ccccc4n4c5ccccc5nc34)c2)cc1. The molecule has 5 aromatic heterocycles. The summed E-state index contributed by atoms with van der Waals surface area (Å²) < 4.78 is 9.01. The zero-order valence-electron chi connectivity index (χ0n) is 30.7. The summed E-state index contributed by atoms with van der Waals surface area (Å²) >= 11 is 0. The Hall–Kier alpha value is -7.55. The van der Waals surface area contributed by atoms with Gasteiger partial charge in [0.1, 0.15) is 11.6 Å². The molecule has 0 atom stereocenters. The molecule has 0 fully saturated rings. The van der Waals surface area contributed by atoms with E-state index in [0.717, 1.165) is 67.3 Å².